The van der Waals surface area contributed by atoms with Crippen LogP contribution < -0.4 is 4.90 Å². The van der Waals surface area contributed by atoms with Crippen molar-refractivity contribution in [2.75, 3.05) is 44.7 Å². The average molecular weight is 428 g/mol. The third-order valence-corrected chi connectivity index (χ3v) is 8.16. The average Bonchev–Trinajstić information content (AvgIpc) is 3.34. The molecule has 1 amide bonds. The predicted octanol–water partition coefficient (Wildman–Crippen LogP) is 1.68. The van der Waals surface area contributed by atoms with Crippen LogP contribution in [-0.4, -0.2) is 63.3 Å². The Hall–Kier alpha value is -0.960. The summed E-state index contributed by atoms with van der Waals surface area (Å²) in [5.74, 6) is 0.274. The molecule has 0 unspecified atom stereocenters. The first-order valence-electron chi connectivity index (χ1n) is 8.70. The standard InChI is InChI=1S/C17H22BrN3O3S/c1-19-6-8-20(9-7-19)25(23,24)16-11-15-13(10-14(16)18)4-5-21(15)17(22)12-2-3-12/h10-12H,2-9H2,1H3. The molecular weight excluding hydrogens is 406 g/mol. The highest BCUT2D eigenvalue weighted by Gasteiger charge is 2.38. The lowest BCUT2D eigenvalue weighted by atomic mass is 10.2. The van der Waals surface area contributed by atoms with E-state index in [-0.39, 0.29) is 16.7 Å². The lowest BCUT2D eigenvalue weighted by Gasteiger charge is -2.32. The van der Waals surface area contributed by atoms with Crippen molar-refractivity contribution in [3.63, 3.8) is 0 Å². The highest BCUT2D eigenvalue weighted by atomic mass is 79.9. The molecular formula is C17H22BrN3O3S. The molecule has 2 heterocycles. The van der Waals surface area contributed by atoms with Crippen molar-refractivity contribution < 1.29 is 13.2 Å². The topological polar surface area (TPSA) is 60.9 Å². The van der Waals surface area contributed by atoms with Crippen molar-refractivity contribution in [2.24, 2.45) is 5.92 Å². The number of halogens is 1. The number of piperazine rings is 1. The Morgan fingerprint density at radius 2 is 1.80 bits per heavy atom. The van der Waals surface area contributed by atoms with Crippen LogP contribution in [0.2, 0.25) is 0 Å². The van der Waals surface area contributed by atoms with Crippen molar-refractivity contribution in [1.29, 1.82) is 0 Å². The van der Waals surface area contributed by atoms with Crippen LogP contribution in [0, 0.1) is 5.92 Å². The number of hydrogen-bond acceptors (Lipinski definition) is 4. The van der Waals surface area contributed by atoms with Gasteiger partial charge in [-0.2, -0.15) is 4.31 Å². The summed E-state index contributed by atoms with van der Waals surface area (Å²) in [5.41, 5.74) is 1.81. The van der Waals surface area contributed by atoms with E-state index in [1.807, 2.05) is 13.1 Å². The van der Waals surface area contributed by atoms with Crippen molar-refractivity contribution in [3.05, 3.63) is 22.2 Å². The number of carbonyl (C=O) groups excluding carboxylic acids is 1. The second-order valence-corrected chi connectivity index (χ2v) is 9.89. The van der Waals surface area contributed by atoms with E-state index in [1.165, 1.54) is 0 Å². The molecule has 3 aliphatic rings. The SMILES string of the molecule is CN1CCN(S(=O)(=O)c2cc3c(cc2Br)CCN3C(=O)C2CC2)CC1. The fourth-order valence-electron chi connectivity index (χ4n) is 3.53. The number of amides is 1. The normalized spacial score (nSPS) is 22.2. The number of likely N-dealkylation sites (N-methyl/N-ethyl adjacent to an activating group) is 1. The third-order valence-electron chi connectivity index (χ3n) is 5.30. The van der Waals surface area contributed by atoms with Gasteiger partial charge >= 0.3 is 0 Å². The molecule has 0 spiro atoms. The summed E-state index contributed by atoms with van der Waals surface area (Å²) in [6.07, 6.45) is 2.68. The van der Waals surface area contributed by atoms with Crippen LogP contribution in [0.1, 0.15) is 18.4 Å². The summed E-state index contributed by atoms with van der Waals surface area (Å²) >= 11 is 3.44. The molecule has 0 bridgehead atoms. The molecule has 0 atom stereocenters. The highest BCUT2D eigenvalue weighted by Crippen LogP contribution is 2.40. The summed E-state index contributed by atoms with van der Waals surface area (Å²) in [7, 11) is -1.57. The number of fused-ring (bicyclic) bond motifs is 1. The summed E-state index contributed by atoms with van der Waals surface area (Å²) < 4.78 is 28.4. The van der Waals surface area contributed by atoms with E-state index in [2.05, 4.69) is 20.8 Å². The number of carbonyl (C=O) groups is 1. The zero-order valence-electron chi connectivity index (χ0n) is 14.2. The lowest BCUT2D eigenvalue weighted by molar-refractivity contribution is -0.119. The van der Waals surface area contributed by atoms with E-state index in [1.54, 1.807) is 15.3 Å². The fourth-order valence-corrected chi connectivity index (χ4v) is 6.03. The quantitative estimate of drug-likeness (QED) is 0.735. The Labute approximate surface area is 156 Å². The maximum absolute atomic E-state index is 13.1. The minimum atomic E-state index is -3.57. The molecule has 8 heteroatoms. The Morgan fingerprint density at radius 3 is 2.44 bits per heavy atom. The fraction of sp³-hybridized carbons (Fsp3) is 0.588. The first-order valence-corrected chi connectivity index (χ1v) is 10.9. The second-order valence-electron chi connectivity index (χ2n) is 7.13. The van der Waals surface area contributed by atoms with E-state index < -0.39 is 10.0 Å². The molecule has 0 radical (unpaired) electrons. The number of rotatable bonds is 3. The molecule has 0 N–H and O–H groups in total. The van der Waals surface area contributed by atoms with Crippen molar-refractivity contribution in [1.82, 2.24) is 9.21 Å². The van der Waals surface area contributed by atoms with Crippen LogP contribution in [0.4, 0.5) is 5.69 Å². The summed E-state index contributed by atoms with van der Waals surface area (Å²) in [4.78, 5) is 16.7. The molecule has 4 rings (SSSR count). The molecule has 1 aromatic carbocycles. The molecule has 6 nitrogen and oxygen atoms in total. The third kappa shape index (κ3) is 3.13. The molecule has 1 aliphatic carbocycles. The summed E-state index contributed by atoms with van der Waals surface area (Å²) in [6, 6.07) is 3.57. The van der Waals surface area contributed by atoms with Crippen LogP contribution in [0.25, 0.3) is 0 Å². The minimum absolute atomic E-state index is 0.132. The van der Waals surface area contributed by atoms with Crippen molar-refractivity contribution in [2.45, 2.75) is 24.2 Å². The van der Waals surface area contributed by atoms with Gasteiger partial charge in [0.2, 0.25) is 15.9 Å². The lowest BCUT2D eigenvalue weighted by Crippen LogP contribution is -2.47. The van der Waals surface area contributed by atoms with Gasteiger partial charge in [-0.1, -0.05) is 0 Å². The second kappa shape index (κ2) is 6.33. The van der Waals surface area contributed by atoms with E-state index in [0.717, 1.165) is 43.6 Å². The van der Waals surface area contributed by atoms with Crippen LogP contribution in [0.5, 0.6) is 0 Å². The molecule has 25 heavy (non-hydrogen) atoms. The van der Waals surface area contributed by atoms with E-state index >= 15 is 0 Å². The van der Waals surface area contributed by atoms with E-state index in [0.29, 0.717) is 24.1 Å². The Balaban J connectivity index is 1.68. The van der Waals surface area contributed by atoms with Gasteiger partial charge in [0.05, 0.1) is 4.90 Å². The van der Waals surface area contributed by atoms with Crippen LogP contribution in [-0.2, 0) is 21.2 Å². The maximum Gasteiger partial charge on any atom is 0.244 e. The molecule has 1 saturated heterocycles. The van der Waals surface area contributed by atoms with Gasteiger partial charge < -0.3 is 9.80 Å². The molecule has 136 valence electrons. The van der Waals surface area contributed by atoms with E-state index in [9.17, 15) is 13.2 Å². The Morgan fingerprint density at radius 1 is 1.12 bits per heavy atom. The first-order chi connectivity index (χ1) is 11.9. The van der Waals surface area contributed by atoms with Crippen molar-refractivity contribution >= 4 is 37.5 Å². The number of benzene rings is 1. The summed E-state index contributed by atoms with van der Waals surface area (Å²) in [6.45, 7) is 3.09. The zero-order valence-corrected chi connectivity index (χ0v) is 16.6. The number of anilines is 1. The first kappa shape index (κ1) is 17.5. The molecule has 1 aromatic rings. The molecule has 2 fully saturated rings. The Bertz CT molecular complexity index is 815. The van der Waals surface area contributed by atoms with Gasteiger partial charge in [-0.3, -0.25) is 4.79 Å². The van der Waals surface area contributed by atoms with Gasteiger partial charge in [0.1, 0.15) is 0 Å². The van der Waals surface area contributed by atoms with Crippen LogP contribution in [0.3, 0.4) is 0 Å². The van der Waals surface area contributed by atoms with Gasteiger partial charge in [0.15, 0.2) is 0 Å². The molecule has 2 aliphatic heterocycles. The molecule has 0 aromatic heterocycles. The zero-order chi connectivity index (χ0) is 17.8. The van der Waals surface area contributed by atoms with E-state index in [4.69, 9.17) is 0 Å². The van der Waals surface area contributed by atoms with Gasteiger partial charge in [-0.15, -0.1) is 0 Å². The van der Waals surface area contributed by atoms with Gasteiger partial charge in [-0.05, 0) is 59.9 Å². The highest BCUT2D eigenvalue weighted by molar-refractivity contribution is 9.10. The largest absolute Gasteiger partial charge is 0.312 e. The minimum Gasteiger partial charge on any atom is -0.312 e. The van der Waals surface area contributed by atoms with Crippen LogP contribution >= 0.6 is 15.9 Å². The monoisotopic (exact) mass is 427 g/mol. The van der Waals surface area contributed by atoms with Gasteiger partial charge in [-0.25, -0.2) is 8.42 Å². The number of hydrogen-bond donors (Lipinski definition) is 0. The van der Waals surface area contributed by atoms with Gasteiger partial charge in [0, 0.05) is 48.8 Å². The summed E-state index contributed by atoms with van der Waals surface area (Å²) in [5, 5.41) is 0. The number of sulfonamides is 1. The maximum atomic E-state index is 13.1. The molecule has 1 saturated carbocycles. The Kier molecular flexibility index (Phi) is 4.42. The van der Waals surface area contributed by atoms with Crippen molar-refractivity contribution in [3.8, 4) is 0 Å². The smallest absolute Gasteiger partial charge is 0.244 e. The predicted molar refractivity (Wildman–Crippen MR) is 99.2 cm³/mol. The number of nitrogens with zero attached hydrogens (tertiary/aromatic N) is 3. The van der Waals surface area contributed by atoms with Crippen LogP contribution in [0.15, 0.2) is 21.5 Å². The van der Waals surface area contributed by atoms with Gasteiger partial charge in [0.25, 0.3) is 0 Å².